The first-order valence-electron chi connectivity index (χ1n) is 5.61. The van der Waals surface area contributed by atoms with E-state index >= 15 is 0 Å². The number of hydrogen-bond acceptors (Lipinski definition) is 5. The molecule has 3 N–H and O–H groups in total. The quantitative estimate of drug-likeness (QED) is 0.358. The Kier molecular flexibility index (Phi) is 5.71. The van der Waals surface area contributed by atoms with E-state index in [0.29, 0.717) is 17.3 Å². The number of ether oxygens (including phenoxy) is 1. The molecule has 0 bridgehead atoms. The van der Waals surface area contributed by atoms with Crippen LogP contribution in [0.5, 0.6) is 5.75 Å². The van der Waals surface area contributed by atoms with Crippen LogP contribution in [0, 0.1) is 10.1 Å². The van der Waals surface area contributed by atoms with E-state index in [1.807, 2.05) is 12.3 Å². The van der Waals surface area contributed by atoms with Gasteiger partial charge in [-0.25, -0.2) is 5.84 Å². The van der Waals surface area contributed by atoms with Crippen LogP contribution < -0.4 is 16.0 Å². The van der Waals surface area contributed by atoms with E-state index in [2.05, 4.69) is 15.9 Å². The summed E-state index contributed by atoms with van der Waals surface area (Å²) in [4.78, 5) is 21.9. The average molecular weight is 332 g/mol. The molecule has 1 unspecified atom stereocenters. The molecular formula is C11H14BrN3O4. The van der Waals surface area contributed by atoms with Crippen molar-refractivity contribution in [3.05, 3.63) is 32.8 Å². The van der Waals surface area contributed by atoms with Crippen molar-refractivity contribution < 1.29 is 14.5 Å². The molecule has 0 spiro atoms. The first-order valence-corrected chi connectivity index (χ1v) is 6.40. The highest BCUT2D eigenvalue weighted by Gasteiger charge is 2.25. The maximum Gasteiger partial charge on any atom is 0.312 e. The number of nitro groups is 1. The molecule has 1 amide bonds. The molecule has 0 saturated carbocycles. The molecule has 0 fully saturated rings. The van der Waals surface area contributed by atoms with Crippen LogP contribution in [0.25, 0.3) is 0 Å². The average Bonchev–Trinajstić information content (AvgIpc) is 2.38. The van der Waals surface area contributed by atoms with E-state index in [0.717, 1.165) is 0 Å². The van der Waals surface area contributed by atoms with Crippen LogP contribution in [-0.2, 0) is 4.79 Å². The molecule has 8 heteroatoms. The Morgan fingerprint density at radius 3 is 2.84 bits per heavy atom. The maximum atomic E-state index is 11.6. The predicted molar refractivity (Wildman–Crippen MR) is 72.5 cm³/mol. The number of hydrogen-bond donors (Lipinski definition) is 2. The minimum Gasteiger partial charge on any atom is -0.473 e. The van der Waals surface area contributed by atoms with Crippen LogP contribution in [0.4, 0.5) is 5.69 Å². The predicted octanol–water partition coefficient (Wildman–Crippen LogP) is 1.89. The molecule has 104 valence electrons. The Labute approximate surface area is 118 Å². The van der Waals surface area contributed by atoms with Gasteiger partial charge in [0.05, 0.1) is 9.40 Å². The van der Waals surface area contributed by atoms with Crippen LogP contribution in [-0.4, -0.2) is 16.9 Å². The summed E-state index contributed by atoms with van der Waals surface area (Å²) >= 11 is 3.17. The topological polar surface area (TPSA) is 107 Å². The second kappa shape index (κ2) is 7.05. The zero-order chi connectivity index (χ0) is 14.4. The number of hydrazine groups is 1. The third kappa shape index (κ3) is 3.90. The fourth-order valence-electron chi connectivity index (χ4n) is 1.50. The van der Waals surface area contributed by atoms with Crippen molar-refractivity contribution in [2.24, 2.45) is 5.84 Å². The molecule has 1 aromatic carbocycles. The summed E-state index contributed by atoms with van der Waals surface area (Å²) in [6.45, 7) is 1.87. The lowest BCUT2D eigenvalue weighted by molar-refractivity contribution is -0.386. The van der Waals surface area contributed by atoms with E-state index in [9.17, 15) is 14.9 Å². The number of halogens is 1. The Morgan fingerprint density at radius 2 is 2.32 bits per heavy atom. The van der Waals surface area contributed by atoms with Gasteiger partial charge in [-0.15, -0.1) is 0 Å². The largest absolute Gasteiger partial charge is 0.473 e. The number of nitrogens with zero attached hydrogens (tertiary/aromatic N) is 1. The van der Waals surface area contributed by atoms with Gasteiger partial charge in [0.1, 0.15) is 0 Å². The molecule has 7 nitrogen and oxygen atoms in total. The highest BCUT2D eigenvalue weighted by Crippen LogP contribution is 2.35. The van der Waals surface area contributed by atoms with Crippen molar-refractivity contribution in [1.82, 2.24) is 5.43 Å². The third-order valence-electron chi connectivity index (χ3n) is 2.39. The van der Waals surface area contributed by atoms with Gasteiger partial charge < -0.3 is 4.74 Å². The standard InChI is InChI=1S/C11H14BrN3O4/c1-2-4-9(11(16)14-13)19-10-7(12)5-3-6-8(10)15(17)18/h3,5-6,9H,2,4,13H2,1H3,(H,14,16). The molecule has 0 aliphatic heterocycles. The summed E-state index contributed by atoms with van der Waals surface area (Å²) in [7, 11) is 0. The van der Waals surface area contributed by atoms with Gasteiger partial charge in [-0.1, -0.05) is 19.4 Å². The van der Waals surface area contributed by atoms with Gasteiger partial charge in [0.25, 0.3) is 5.91 Å². The fraction of sp³-hybridized carbons (Fsp3) is 0.364. The molecule has 0 radical (unpaired) electrons. The molecule has 0 aliphatic carbocycles. The number of para-hydroxylation sites is 1. The molecule has 1 aromatic rings. The molecule has 0 heterocycles. The summed E-state index contributed by atoms with van der Waals surface area (Å²) in [5, 5.41) is 10.9. The summed E-state index contributed by atoms with van der Waals surface area (Å²) in [6, 6.07) is 4.43. The SMILES string of the molecule is CCCC(Oc1c(Br)cccc1[N+](=O)[O-])C(=O)NN. The molecule has 0 saturated heterocycles. The van der Waals surface area contributed by atoms with Crippen molar-refractivity contribution in [2.75, 3.05) is 0 Å². The smallest absolute Gasteiger partial charge is 0.312 e. The Balaban J connectivity index is 3.08. The van der Waals surface area contributed by atoms with Gasteiger partial charge in [-0.2, -0.15) is 0 Å². The summed E-state index contributed by atoms with van der Waals surface area (Å²) in [5.41, 5.74) is 1.78. The van der Waals surface area contributed by atoms with Crippen molar-refractivity contribution in [1.29, 1.82) is 0 Å². The molecule has 0 aliphatic rings. The molecule has 0 aromatic heterocycles. The number of nitrogens with two attached hydrogens (primary N) is 1. The second-order valence-electron chi connectivity index (χ2n) is 3.75. The molecular weight excluding hydrogens is 318 g/mol. The van der Waals surface area contributed by atoms with Crippen molar-refractivity contribution in [3.63, 3.8) is 0 Å². The minimum absolute atomic E-state index is 0.0227. The van der Waals surface area contributed by atoms with E-state index < -0.39 is 16.9 Å². The van der Waals surface area contributed by atoms with Gasteiger partial charge >= 0.3 is 5.69 Å². The Bertz CT molecular complexity index is 481. The van der Waals surface area contributed by atoms with Gasteiger partial charge in [-0.3, -0.25) is 20.3 Å². The summed E-state index contributed by atoms with van der Waals surface area (Å²) < 4.78 is 5.86. The van der Waals surface area contributed by atoms with E-state index in [1.54, 1.807) is 6.07 Å². The monoisotopic (exact) mass is 331 g/mol. The zero-order valence-corrected chi connectivity index (χ0v) is 11.8. The van der Waals surface area contributed by atoms with Crippen molar-refractivity contribution in [2.45, 2.75) is 25.9 Å². The van der Waals surface area contributed by atoms with Crippen LogP contribution >= 0.6 is 15.9 Å². The van der Waals surface area contributed by atoms with Crippen LogP contribution in [0.2, 0.25) is 0 Å². The maximum absolute atomic E-state index is 11.6. The number of benzene rings is 1. The van der Waals surface area contributed by atoms with Crippen molar-refractivity contribution >= 4 is 27.5 Å². The van der Waals surface area contributed by atoms with Crippen LogP contribution in [0.3, 0.4) is 0 Å². The first-order chi connectivity index (χ1) is 9.01. The van der Waals surface area contributed by atoms with Crippen molar-refractivity contribution in [3.8, 4) is 5.75 Å². The number of carbonyl (C=O) groups is 1. The highest BCUT2D eigenvalue weighted by molar-refractivity contribution is 9.10. The number of amides is 1. The summed E-state index contributed by atoms with van der Waals surface area (Å²) in [5.74, 6) is 4.57. The van der Waals surface area contributed by atoms with E-state index in [1.165, 1.54) is 12.1 Å². The van der Waals surface area contributed by atoms with Crippen LogP contribution in [0.1, 0.15) is 19.8 Å². The zero-order valence-electron chi connectivity index (χ0n) is 10.3. The summed E-state index contributed by atoms with van der Waals surface area (Å²) in [6.07, 6.45) is 0.213. The minimum atomic E-state index is -0.868. The number of rotatable bonds is 6. The molecule has 1 rings (SSSR count). The van der Waals surface area contributed by atoms with E-state index in [4.69, 9.17) is 10.6 Å². The first kappa shape index (κ1) is 15.4. The lowest BCUT2D eigenvalue weighted by Crippen LogP contribution is -2.42. The molecule has 1 atom stereocenters. The van der Waals surface area contributed by atoms with Gasteiger partial charge in [0, 0.05) is 6.07 Å². The second-order valence-corrected chi connectivity index (χ2v) is 4.60. The van der Waals surface area contributed by atoms with Crippen LogP contribution in [0.15, 0.2) is 22.7 Å². The highest BCUT2D eigenvalue weighted by atomic mass is 79.9. The number of nitro benzene ring substituents is 1. The lowest BCUT2D eigenvalue weighted by Gasteiger charge is -2.17. The van der Waals surface area contributed by atoms with Gasteiger partial charge in [0.2, 0.25) is 5.75 Å². The Morgan fingerprint density at radius 1 is 1.63 bits per heavy atom. The number of carbonyl (C=O) groups excluding carboxylic acids is 1. The number of nitrogens with one attached hydrogen (secondary N) is 1. The van der Waals surface area contributed by atoms with Gasteiger partial charge in [0.15, 0.2) is 6.10 Å². The third-order valence-corrected chi connectivity index (χ3v) is 3.01. The molecule has 19 heavy (non-hydrogen) atoms. The lowest BCUT2D eigenvalue weighted by atomic mass is 10.2. The Hall–Kier alpha value is -1.67. The normalized spacial score (nSPS) is 11.7. The van der Waals surface area contributed by atoms with Gasteiger partial charge in [-0.05, 0) is 28.4 Å². The fourth-order valence-corrected chi connectivity index (χ4v) is 1.95. The van der Waals surface area contributed by atoms with E-state index in [-0.39, 0.29) is 11.4 Å².